The van der Waals surface area contributed by atoms with Crippen molar-refractivity contribution in [2.75, 3.05) is 16.6 Å². The van der Waals surface area contributed by atoms with Gasteiger partial charge in [-0.1, -0.05) is 0 Å². The number of hydrogen-bond donors (Lipinski definition) is 2. The molecule has 140 valence electrons. The van der Waals surface area contributed by atoms with E-state index in [0.717, 1.165) is 0 Å². The summed E-state index contributed by atoms with van der Waals surface area (Å²) in [6.07, 6.45) is 1.40. The van der Waals surface area contributed by atoms with Crippen molar-refractivity contribution in [3.63, 3.8) is 0 Å². The van der Waals surface area contributed by atoms with Crippen molar-refractivity contribution in [3.05, 3.63) is 72.7 Å². The summed E-state index contributed by atoms with van der Waals surface area (Å²) < 4.78 is 37.8. The first kappa shape index (κ1) is 18.5. The number of furan rings is 1. The lowest BCUT2D eigenvalue weighted by Crippen LogP contribution is -2.14. The molecule has 3 rings (SSSR count). The predicted octanol–water partition coefficient (Wildman–Crippen LogP) is 3.73. The van der Waals surface area contributed by atoms with Crippen LogP contribution in [-0.4, -0.2) is 20.9 Å². The molecular formula is C19H18N2O5S. The summed E-state index contributed by atoms with van der Waals surface area (Å²) in [6, 6.07) is 15.6. The molecule has 0 spiro atoms. The van der Waals surface area contributed by atoms with E-state index < -0.39 is 15.9 Å². The maximum atomic E-state index is 12.5. The van der Waals surface area contributed by atoms with E-state index in [9.17, 15) is 13.2 Å². The van der Waals surface area contributed by atoms with E-state index in [1.165, 1.54) is 36.6 Å². The van der Waals surface area contributed by atoms with Gasteiger partial charge in [0.05, 0.1) is 17.8 Å². The van der Waals surface area contributed by atoms with Crippen LogP contribution in [0.1, 0.15) is 17.5 Å². The minimum atomic E-state index is -3.75. The fourth-order valence-corrected chi connectivity index (χ4v) is 3.38. The van der Waals surface area contributed by atoms with E-state index in [4.69, 9.17) is 9.15 Å². The first-order chi connectivity index (χ1) is 13.0. The molecule has 0 saturated carbocycles. The Morgan fingerprint density at radius 2 is 1.67 bits per heavy atom. The van der Waals surface area contributed by atoms with Crippen molar-refractivity contribution in [2.24, 2.45) is 0 Å². The number of sulfonamides is 1. The molecule has 0 aliphatic carbocycles. The van der Waals surface area contributed by atoms with E-state index in [2.05, 4.69) is 10.0 Å². The number of anilines is 2. The van der Waals surface area contributed by atoms with Crippen LogP contribution in [0, 0.1) is 0 Å². The molecule has 0 atom stereocenters. The van der Waals surface area contributed by atoms with E-state index >= 15 is 0 Å². The summed E-state index contributed by atoms with van der Waals surface area (Å²) in [6.45, 7) is 2.41. The second-order valence-corrected chi connectivity index (χ2v) is 7.20. The van der Waals surface area contributed by atoms with Crippen LogP contribution in [0.25, 0.3) is 0 Å². The molecule has 0 aliphatic heterocycles. The van der Waals surface area contributed by atoms with Gasteiger partial charge in [0.25, 0.3) is 15.9 Å². The zero-order chi connectivity index (χ0) is 19.3. The van der Waals surface area contributed by atoms with E-state index in [0.29, 0.717) is 23.7 Å². The molecule has 0 unspecified atom stereocenters. The average molecular weight is 386 g/mol. The number of benzene rings is 2. The fraction of sp³-hybridized carbons (Fsp3) is 0.105. The third-order valence-electron chi connectivity index (χ3n) is 3.58. The zero-order valence-electron chi connectivity index (χ0n) is 14.5. The SMILES string of the molecule is CCOc1ccc(NS(=O)(=O)c2ccc(NC(=O)c3ccco3)cc2)cc1. The van der Waals surface area contributed by atoms with Crippen molar-refractivity contribution in [3.8, 4) is 5.75 Å². The molecule has 2 N–H and O–H groups in total. The Balaban J connectivity index is 1.68. The third kappa shape index (κ3) is 4.68. The molecule has 7 nitrogen and oxygen atoms in total. The quantitative estimate of drug-likeness (QED) is 0.645. The number of carbonyl (C=O) groups is 1. The maximum Gasteiger partial charge on any atom is 0.291 e. The number of hydrogen-bond acceptors (Lipinski definition) is 5. The highest BCUT2D eigenvalue weighted by Crippen LogP contribution is 2.21. The largest absolute Gasteiger partial charge is 0.494 e. The fourth-order valence-electron chi connectivity index (χ4n) is 2.32. The summed E-state index contributed by atoms with van der Waals surface area (Å²) >= 11 is 0. The minimum absolute atomic E-state index is 0.0763. The summed E-state index contributed by atoms with van der Waals surface area (Å²) in [7, 11) is -3.75. The molecule has 8 heteroatoms. The van der Waals surface area contributed by atoms with Crippen molar-refractivity contribution in [2.45, 2.75) is 11.8 Å². The Bertz CT molecular complexity index is 995. The standard InChI is InChI=1S/C19H18N2O5S/c1-2-25-16-9-5-15(6-10-16)21-27(23,24)17-11-7-14(8-12-17)20-19(22)18-4-3-13-26-18/h3-13,21H,2H2,1H3,(H,20,22). The van der Waals surface area contributed by atoms with Crippen LogP contribution in [0.4, 0.5) is 11.4 Å². The second kappa shape index (κ2) is 7.96. The molecule has 3 aromatic rings. The van der Waals surface area contributed by atoms with E-state index in [1.807, 2.05) is 6.92 Å². The monoisotopic (exact) mass is 386 g/mol. The van der Waals surface area contributed by atoms with Crippen LogP contribution < -0.4 is 14.8 Å². The Morgan fingerprint density at radius 3 is 2.26 bits per heavy atom. The van der Waals surface area contributed by atoms with Crippen LogP contribution in [0.5, 0.6) is 5.75 Å². The molecule has 1 heterocycles. The Hall–Kier alpha value is -3.26. The molecule has 0 aliphatic rings. The summed E-state index contributed by atoms with van der Waals surface area (Å²) in [5, 5.41) is 2.63. The summed E-state index contributed by atoms with van der Waals surface area (Å²) in [5.74, 6) is 0.420. The zero-order valence-corrected chi connectivity index (χ0v) is 15.3. The van der Waals surface area contributed by atoms with Crippen molar-refractivity contribution < 1.29 is 22.4 Å². The molecule has 0 saturated heterocycles. The van der Waals surface area contributed by atoms with Gasteiger partial charge in [-0.15, -0.1) is 0 Å². The topological polar surface area (TPSA) is 97.6 Å². The van der Waals surface area contributed by atoms with Crippen molar-refractivity contribution in [1.29, 1.82) is 0 Å². The second-order valence-electron chi connectivity index (χ2n) is 5.52. The van der Waals surface area contributed by atoms with Crippen LogP contribution >= 0.6 is 0 Å². The first-order valence-corrected chi connectivity index (χ1v) is 9.67. The molecule has 0 bridgehead atoms. The molecule has 0 fully saturated rings. The summed E-state index contributed by atoms with van der Waals surface area (Å²) in [4.78, 5) is 12.0. The lowest BCUT2D eigenvalue weighted by atomic mass is 10.3. The van der Waals surface area contributed by atoms with E-state index in [1.54, 1.807) is 30.3 Å². The number of nitrogens with one attached hydrogen (secondary N) is 2. The highest BCUT2D eigenvalue weighted by molar-refractivity contribution is 7.92. The van der Waals surface area contributed by atoms with Crippen LogP contribution in [0.2, 0.25) is 0 Å². The average Bonchev–Trinajstić information content (AvgIpc) is 3.19. The van der Waals surface area contributed by atoms with Gasteiger partial charge in [-0.3, -0.25) is 9.52 Å². The number of ether oxygens (including phenoxy) is 1. The highest BCUT2D eigenvalue weighted by atomic mass is 32.2. The number of carbonyl (C=O) groups excluding carboxylic acids is 1. The molecular weight excluding hydrogens is 368 g/mol. The van der Waals surface area contributed by atoms with Gasteiger partial charge in [0.1, 0.15) is 5.75 Å². The number of rotatable bonds is 7. The molecule has 2 aromatic carbocycles. The van der Waals surface area contributed by atoms with Gasteiger partial charge in [0.2, 0.25) is 0 Å². The lowest BCUT2D eigenvalue weighted by molar-refractivity contribution is 0.0996. The van der Waals surface area contributed by atoms with Gasteiger partial charge < -0.3 is 14.5 Å². The summed E-state index contributed by atoms with van der Waals surface area (Å²) in [5.41, 5.74) is 0.880. The first-order valence-electron chi connectivity index (χ1n) is 8.18. The van der Waals surface area contributed by atoms with Crippen LogP contribution in [0.15, 0.2) is 76.2 Å². The normalized spacial score (nSPS) is 11.0. The van der Waals surface area contributed by atoms with Crippen molar-refractivity contribution >= 4 is 27.3 Å². The van der Waals surface area contributed by atoms with Gasteiger partial charge in [0, 0.05) is 11.4 Å². The maximum absolute atomic E-state index is 12.5. The van der Waals surface area contributed by atoms with Gasteiger partial charge in [0.15, 0.2) is 5.76 Å². The van der Waals surface area contributed by atoms with Crippen molar-refractivity contribution in [1.82, 2.24) is 0 Å². The molecule has 0 radical (unpaired) electrons. The van der Waals surface area contributed by atoms with E-state index in [-0.39, 0.29) is 10.7 Å². The van der Waals surface area contributed by atoms with Crippen LogP contribution in [-0.2, 0) is 10.0 Å². The molecule has 27 heavy (non-hydrogen) atoms. The molecule has 1 amide bonds. The Morgan fingerprint density at radius 1 is 1.00 bits per heavy atom. The highest BCUT2D eigenvalue weighted by Gasteiger charge is 2.15. The van der Waals surface area contributed by atoms with Gasteiger partial charge in [-0.2, -0.15) is 0 Å². The molecule has 1 aromatic heterocycles. The van der Waals surface area contributed by atoms with Gasteiger partial charge in [-0.25, -0.2) is 8.42 Å². The Labute approximate surface area is 157 Å². The smallest absolute Gasteiger partial charge is 0.291 e. The minimum Gasteiger partial charge on any atom is -0.494 e. The number of amides is 1. The Kier molecular flexibility index (Phi) is 5.46. The van der Waals surface area contributed by atoms with Gasteiger partial charge in [-0.05, 0) is 67.6 Å². The predicted molar refractivity (Wildman–Crippen MR) is 102 cm³/mol. The lowest BCUT2D eigenvalue weighted by Gasteiger charge is -2.10. The van der Waals surface area contributed by atoms with Gasteiger partial charge >= 0.3 is 0 Å². The van der Waals surface area contributed by atoms with Crippen LogP contribution in [0.3, 0.4) is 0 Å². The third-order valence-corrected chi connectivity index (χ3v) is 4.98.